The van der Waals surface area contributed by atoms with Gasteiger partial charge in [-0.15, -0.1) is 0 Å². The number of ether oxygens (including phenoxy) is 3. The van der Waals surface area contributed by atoms with E-state index in [0.29, 0.717) is 12.2 Å². The fourth-order valence-electron chi connectivity index (χ4n) is 2.21. The quantitative estimate of drug-likeness (QED) is 0.584. The number of hydrogen-bond donors (Lipinski definition) is 0. The molecule has 1 heterocycles. The average molecular weight is 264 g/mol. The third kappa shape index (κ3) is 4.33. The minimum absolute atomic E-state index is 0.125. The lowest BCUT2D eigenvalue weighted by Gasteiger charge is -2.10. The van der Waals surface area contributed by atoms with E-state index in [-0.39, 0.29) is 18.2 Å². The molecule has 0 radical (unpaired) electrons. The molecule has 4 nitrogen and oxygen atoms in total. The lowest BCUT2D eigenvalue weighted by molar-refractivity contribution is 0.0250. The third-order valence-electron chi connectivity index (χ3n) is 3.20. The molecule has 1 saturated heterocycles. The van der Waals surface area contributed by atoms with Crippen molar-refractivity contribution in [1.29, 1.82) is 0 Å². The number of esters is 1. The minimum Gasteiger partial charge on any atom is -0.456 e. The van der Waals surface area contributed by atoms with E-state index in [9.17, 15) is 4.79 Å². The van der Waals surface area contributed by atoms with Crippen molar-refractivity contribution in [2.45, 2.75) is 31.5 Å². The maximum atomic E-state index is 11.9. The van der Waals surface area contributed by atoms with Gasteiger partial charge in [0.2, 0.25) is 0 Å². The van der Waals surface area contributed by atoms with Gasteiger partial charge in [0.05, 0.1) is 18.3 Å². The molecule has 0 N–H and O–H groups in total. The third-order valence-corrected chi connectivity index (χ3v) is 3.20. The first kappa shape index (κ1) is 14.0. The van der Waals surface area contributed by atoms with E-state index in [1.165, 1.54) is 0 Å². The van der Waals surface area contributed by atoms with Crippen molar-refractivity contribution in [2.24, 2.45) is 0 Å². The monoisotopic (exact) mass is 264 g/mol. The lowest BCUT2D eigenvalue weighted by atomic mass is 10.1. The van der Waals surface area contributed by atoms with E-state index in [2.05, 4.69) is 0 Å². The van der Waals surface area contributed by atoms with Crippen molar-refractivity contribution in [3.63, 3.8) is 0 Å². The minimum atomic E-state index is -0.272. The molecule has 1 aliphatic rings. The SMILES string of the molecule is COCCCC1C[C@@H](OC(=O)c2ccccc2)CO1. The van der Waals surface area contributed by atoms with Gasteiger partial charge in [-0.3, -0.25) is 0 Å². The van der Waals surface area contributed by atoms with Gasteiger partial charge in [0.25, 0.3) is 0 Å². The molecule has 1 unspecified atom stereocenters. The zero-order chi connectivity index (χ0) is 13.5. The van der Waals surface area contributed by atoms with E-state index in [4.69, 9.17) is 14.2 Å². The molecule has 1 aromatic rings. The number of carbonyl (C=O) groups excluding carboxylic acids is 1. The molecule has 2 rings (SSSR count). The Bertz CT molecular complexity index is 390. The van der Waals surface area contributed by atoms with Crippen LogP contribution in [0.3, 0.4) is 0 Å². The Morgan fingerprint density at radius 2 is 2.16 bits per heavy atom. The molecule has 1 aromatic carbocycles. The van der Waals surface area contributed by atoms with E-state index < -0.39 is 0 Å². The molecular weight excluding hydrogens is 244 g/mol. The summed E-state index contributed by atoms with van der Waals surface area (Å²) in [5.41, 5.74) is 0.588. The van der Waals surface area contributed by atoms with Gasteiger partial charge in [-0.05, 0) is 25.0 Å². The zero-order valence-electron chi connectivity index (χ0n) is 11.2. The standard InChI is InChI=1S/C15H20O4/c1-17-9-5-8-13-10-14(11-18-13)19-15(16)12-6-3-2-4-7-12/h2-4,6-7,13-14H,5,8-11H2,1H3/t13?,14-/m1/s1. The Hall–Kier alpha value is -1.39. The van der Waals surface area contributed by atoms with Crippen molar-refractivity contribution >= 4 is 5.97 Å². The summed E-state index contributed by atoms with van der Waals surface area (Å²) in [6.45, 7) is 1.24. The molecule has 19 heavy (non-hydrogen) atoms. The van der Waals surface area contributed by atoms with Crippen molar-refractivity contribution in [3.8, 4) is 0 Å². The highest BCUT2D eigenvalue weighted by Gasteiger charge is 2.28. The molecule has 0 amide bonds. The maximum Gasteiger partial charge on any atom is 0.338 e. The molecule has 0 spiro atoms. The van der Waals surface area contributed by atoms with Crippen LogP contribution in [0.1, 0.15) is 29.6 Å². The second kappa shape index (κ2) is 7.26. The highest BCUT2D eigenvalue weighted by atomic mass is 16.6. The summed E-state index contributed by atoms with van der Waals surface area (Å²) in [6.07, 6.45) is 2.76. The van der Waals surface area contributed by atoms with Gasteiger partial charge in [-0.1, -0.05) is 18.2 Å². The summed E-state index contributed by atoms with van der Waals surface area (Å²) in [6, 6.07) is 9.05. The number of hydrogen-bond acceptors (Lipinski definition) is 4. The Labute approximate surface area is 113 Å². The number of methoxy groups -OCH3 is 1. The fourth-order valence-corrected chi connectivity index (χ4v) is 2.21. The Kier molecular flexibility index (Phi) is 5.36. The van der Waals surface area contributed by atoms with Crippen LogP contribution in [0.5, 0.6) is 0 Å². The number of carbonyl (C=O) groups is 1. The molecule has 1 fully saturated rings. The van der Waals surface area contributed by atoms with E-state index in [1.807, 2.05) is 18.2 Å². The Balaban J connectivity index is 1.74. The summed E-state index contributed by atoms with van der Waals surface area (Å²) in [5, 5.41) is 0. The van der Waals surface area contributed by atoms with Gasteiger partial charge in [0, 0.05) is 20.1 Å². The topological polar surface area (TPSA) is 44.8 Å². The van der Waals surface area contributed by atoms with Crippen LogP contribution >= 0.6 is 0 Å². The van der Waals surface area contributed by atoms with Crippen LogP contribution in [-0.4, -0.2) is 38.5 Å². The predicted molar refractivity (Wildman–Crippen MR) is 71.1 cm³/mol. The number of benzene rings is 1. The number of rotatable bonds is 6. The molecule has 0 bridgehead atoms. The fraction of sp³-hybridized carbons (Fsp3) is 0.533. The van der Waals surface area contributed by atoms with Crippen molar-refractivity contribution in [3.05, 3.63) is 35.9 Å². The van der Waals surface area contributed by atoms with Crippen LogP contribution in [0.4, 0.5) is 0 Å². The zero-order valence-corrected chi connectivity index (χ0v) is 11.2. The molecule has 2 atom stereocenters. The lowest BCUT2D eigenvalue weighted by Crippen LogP contribution is -2.18. The second-order valence-electron chi connectivity index (χ2n) is 4.72. The second-order valence-corrected chi connectivity index (χ2v) is 4.72. The van der Waals surface area contributed by atoms with Gasteiger partial charge < -0.3 is 14.2 Å². The van der Waals surface area contributed by atoms with Crippen molar-refractivity contribution in [2.75, 3.05) is 20.3 Å². The van der Waals surface area contributed by atoms with E-state index >= 15 is 0 Å². The molecule has 0 aromatic heterocycles. The van der Waals surface area contributed by atoms with Gasteiger partial charge >= 0.3 is 5.97 Å². The van der Waals surface area contributed by atoms with Crippen LogP contribution in [0.2, 0.25) is 0 Å². The van der Waals surface area contributed by atoms with Crippen LogP contribution in [0.15, 0.2) is 30.3 Å². The summed E-state index contributed by atoms with van der Waals surface area (Å²) < 4.78 is 16.1. The molecule has 104 valence electrons. The Morgan fingerprint density at radius 1 is 1.37 bits per heavy atom. The van der Waals surface area contributed by atoms with Gasteiger partial charge in [0.15, 0.2) is 0 Å². The van der Waals surface area contributed by atoms with Crippen molar-refractivity contribution in [1.82, 2.24) is 0 Å². The first-order valence-electron chi connectivity index (χ1n) is 6.66. The maximum absolute atomic E-state index is 11.9. The molecular formula is C15H20O4. The van der Waals surface area contributed by atoms with Crippen LogP contribution < -0.4 is 0 Å². The smallest absolute Gasteiger partial charge is 0.338 e. The summed E-state index contributed by atoms with van der Waals surface area (Å²) in [4.78, 5) is 11.9. The van der Waals surface area contributed by atoms with Crippen molar-refractivity contribution < 1.29 is 19.0 Å². The van der Waals surface area contributed by atoms with Crippen LogP contribution in [0, 0.1) is 0 Å². The normalized spacial score (nSPS) is 22.4. The summed E-state index contributed by atoms with van der Waals surface area (Å²) in [5.74, 6) is -0.272. The van der Waals surface area contributed by atoms with Crippen LogP contribution in [-0.2, 0) is 14.2 Å². The average Bonchev–Trinajstić information content (AvgIpc) is 2.88. The van der Waals surface area contributed by atoms with E-state index in [1.54, 1.807) is 19.2 Å². The van der Waals surface area contributed by atoms with Gasteiger partial charge in [-0.25, -0.2) is 4.79 Å². The highest BCUT2D eigenvalue weighted by molar-refractivity contribution is 5.89. The highest BCUT2D eigenvalue weighted by Crippen LogP contribution is 2.21. The predicted octanol–water partition coefficient (Wildman–Crippen LogP) is 2.43. The Morgan fingerprint density at radius 3 is 2.89 bits per heavy atom. The summed E-state index contributed by atoms with van der Waals surface area (Å²) >= 11 is 0. The van der Waals surface area contributed by atoms with Crippen LogP contribution in [0.25, 0.3) is 0 Å². The van der Waals surface area contributed by atoms with E-state index in [0.717, 1.165) is 25.9 Å². The first-order valence-corrected chi connectivity index (χ1v) is 6.66. The van der Waals surface area contributed by atoms with Gasteiger partial charge in [-0.2, -0.15) is 0 Å². The molecule has 1 aliphatic heterocycles. The molecule has 0 aliphatic carbocycles. The van der Waals surface area contributed by atoms with Gasteiger partial charge in [0.1, 0.15) is 6.10 Å². The molecule has 0 saturated carbocycles. The summed E-state index contributed by atoms with van der Waals surface area (Å²) in [7, 11) is 1.69. The largest absolute Gasteiger partial charge is 0.456 e. The first-order chi connectivity index (χ1) is 9.29. The molecule has 4 heteroatoms.